The summed E-state index contributed by atoms with van der Waals surface area (Å²) in [7, 11) is 0. The highest BCUT2D eigenvalue weighted by Gasteiger charge is 2.44. The van der Waals surface area contributed by atoms with Crippen molar-refractivity contribution in [2.75, 3.05) is 23.7 Å². The van der Waals surface area contributed by atoms with E-state index in [4.69, 9.17) is 11.5 Å². The zero-order valence-electron chi connectivity index (χ0n) is 13.8. The highest BCUT2D eigenvalue weighted by molar-refractivity contribution is 5.97. The topological polar surface area (TPSA) is 131 Å². The van der Waals surface area contributed by atoms with Crippen LogP contribution in [0, 0.1) is 0 Å². The Morgan fingerprint density at radius 2 is 2.04 bits per heavy atom. The molecule has 25 heavy (non-hydrogen) atoms. The van der Waals surface area contributed by atoms with Gasteiger partial charge in [-0.3, -0.25) is 14.6 Å². The molecule has 1 aliphatic heterocycles. The molecule has 2 aromatic heterocycles. The van der Waals surface area contributed by atoms with Crippen molar-refractivity contribution in [3.8, 4) is 0 Å². The van der Waals surface area contributed by atoms with Crippen LogP contribution in [0.3, 0.4) is 0 Å². The van der Waals surface area contributed by atoms with Crippen molar-refractivity contribution in [2.24, 2.45) is 5.73 Å². The van der Waals surface area contributed by atoms with Gasteiger partial charge in [0, 0.05) is 30.3 Å². The fourth-order valence-electron chi connectivity index (χ4n) is 4.14. The van der Waals surface area contributed by atoms with Crippen LogP contribution >= 0.6 is 0 Å². The minimum absolute atomic E-state index is 0.115. The minimum atomic E-state index is -0.476. The van der Waals surface area contributed by atoms with Gasteiger partial charge in [0.1, 0.15) is 5.82 Å². The van der Waals surface area contributed by atoms with Crippen LogP contribution in [-0.4, -0.2) is 33.9 Å². The van der Waals surface area contributed by atoms with Crippen molar-refractivity contribution in [1.29, 1.82) is 0 Å². The second kappa shape index (κ2) is 5.58. The van der Waals surface area contributed by atoms with Crippen molar-refractivity contribution in [3.63, 3.8) is 0 Å². The molecule has 8 heteroatoms. The maximum Gasteiger partial charge on any atom is 0.255 e. The van der Waals surface area contributed by atoms with Gasteiger partial charge in [-0.1, -0.05) is 0 Å². The number of aromatic amines is 1. The third-order valence-electron chi connectivity index (χ3n) is 5.46. The first-order valence-corrected chi connectivity index (χ1v) is 8.39. The first-order chi connectivity index (χ1) is 12.0. The maximum absolute atomic E-state index is 12.1. The summed E-state index contributed by atoms with van der Waals surface area (Å²) >= 11 is 0. The summed E-state index contributed by atoms with van der Waals surface area (Å²) in [6.07, 6.45) is 4.98. The number of nitrogen functional groups attached to an aromatic ring is 1. The SMILES string of the molecule is NC(=O)c1cccnc1N1CCC2(CCc3c2nc(N)[nH]c3=O)CC1. The molecule has 130 valence electrons. The number of nitrogens with zero attached hydrogens (tertiary/aromatic N) is 3. The van der Waals surface area contributed by atoms with E-state index in [0.29, 0.717) is 11.4 Å². The molecule has 0 unspecified atom stereocenters. The molecule has 1 fully saturated rings. The van der Waals surface area contributed by atoms with E-state index in [9.17, 15) is 9.59 Å². The van der Waals surface area contributed by atoms with Crippen LogP contribution in [-0.2, 0) is 11.8 Å². The molecule has 3 heterocycles. The number of anilines is 2. The normalized spacial score (nSPS) is 18.3. The molecule has 4 rings (SSSR count). The third-order valence-corrected chi connectivity index (χ3v) is 5.46. The monoisotopic (exact) mass is 340 g/mol. The van der Waals surface area contributed by atoms with Gasteiger partial charge in [-0.05, 0) is 37.8 Å². The number of hydrogen-bond acceptors (Lipinski definition) is 6. The standard InChI is InChI=1S/C17H20N6O2/c18-13(24)11-2-1-7-20-14(11)23-8-5-17(6-9-23)4-3-10-12(17)21-16(19)22-15(10)25/h1-2,7H,3-6,8-9H2,(H2,18,24)(H3,19,21,22,25). The average Bonchev–Trinajstić information content (AvgIpc) is 2.94. The number of piperidine rings is 1. The fraction of sp³-hybridized carbons (Fsp3) is 0.412. The van der Waals surface area contributed by atoms with Crippen LogP contribution in [0.4, 0.5) is 11.8 Å². The lowest BCUT2D eigenvalue weighted by Crippen LogP contribution is -2.43. The molecule has 8 nitrogen and oxygen atoms in total. The van der Waals surface area contributed by atoms with Crippen LogP contribution in [0.25, 0.3) is 0 Å². The number of carbonyl (C=O) groups excluding carboxylic acids is 1. The summed E-state index contributed by atoms with van der Waals surface area (Å²) in [6.45, 7) is 1.45. The summed E-state index contributed by atoms with van der Waals surface area (Å²) in [4.78, 5) is 37.2. The summed E-state index contributed by atoms with van der Waals surface area (Å²) in [5.41, 5.74) is 13.0. The molecule has 0 saturated carbocycles. The van der Waals surface area contributed by atoms with Gasteiger partial charge in [0.05, 0.1) is 11.3 Å². The van der Waals surface area contributed by atoms with Gasteiger partial charge in [0.15, 0.2) is 0 Å². The Bertz CT molecular complexity index is 898. The van der Waals surface area contributed by atoms with Gasteiger partial charge in [0.2, 0.25) is 5.95 Å². The Hall–Kier alpha value is -2.90. The van der Waals surface area contributed by atoms with E-state index < -0.39 is 5.91 Å². The van der Waals surface area contributed by atoms with Gasteiger partial charge in [-0.2, -0.15) is 0 Å². The number of nitrogens with one attached hydrogen (secondary N) is 1. The third kappa shape index (κ3) is 2.45. The Balaban J connectivity index is 1.62. The number of H-pyrrole nitrogens is 1. The molecular formula is C17H20N6O2. The van der Waals surface area contributed by atoms with Crippen molar-refractivity contribution in [3.05, 3.63) is 45.5 Å². The number of pyridine rings is 1. The number of amides is 1. The number of carbonyl (C=O) groups is 1. The summed E-state index contributed by atoms with van der Waals surface area (Å²) in [5, 5.41) is 0. The van der Waals surface area contributed by atoms with E-state index in [1.54, 1.807) is 18.3 Å². The lowest BCUT2D eigenvalue weighted by atomic mass is 9.76. The smallest absolute Gasteiger partial charge is 0.255 e. The number of rotatable bonds is 2. The minimum Gasteiger partial charge on any atom is -0.369 e. The predicted molar refractivity (Wildman–Crippen MR) is 93.5 cm³/mol. The molecule has 1 spiro atoms. The van der Waals surface area contributed by atoms with Crippen molar-refractivity contribution in [2.45, 2.75) is 31.1 Å². The number of aromatic nitrogens is 3. The fourth-order valence-corrected chi connectivity index (χ4v) is 4.14. The molecular weight excluding hydrogens is 320 g/mol. The molecule has 5 N–H and O–H groups in total. The van der Waals surface area contributed by atoms with Crippen LogP contribution in [0.15, 0.2) is 23.1 Å². The largest absolute Gasteiger partial charge is 0.369 e. The Kier molecular flexibility index (Phi) is 3.48. The predicted octanol–water partition coefficient (Wildman–Crippen LogP) is 0.330. The first-order valence-electron chi connectivity index (χ1n) is 8.39. The summed E-state index contributed by atoms with van der Waals surface area (Å²) in [6, 6.07) is 3.41. The molecule has 0 atom stereocenters. The number of nitrogens with two attached hydrogens (primary N) is 2. The van der Waals surface area contributed by atoms with Gasteiger partial charge in [-0.25, -0.2) is 9.97 Å². The van der Waals surface area contributed by atoms with Gasteiger partial charge in [-0.15, -0.1) is 0 Å². The first kappa shape index (κ1) is 15.6. The lowest BCUT2D eigenvalue weighted by Gasteiger charge is -2.40. The van der Waals surface area contributed by atoms with Crippen LogP contribution in [0.1, 0.15) is 40.9 Å². The van der Waals surface area contributed by atoms with Crippen LogP contribution in [0.5, 0.6) is 0 Å². The highest BCUT2D eigenvalue weighted by atomic mass is 16.1. The quantitative estimate of drug-likeness (QED) is 0.722. The van der Waals surface area contributed by atoms with E-state index in [1.165, 1.54) is 0 Å². The van der Waals surface area contributed by atoms with Crippen molar-refractivity contribution < 1.29 is 4.79 Å². The van der Waals surface area contributed by atoms with Crippen LogP contribution in [0.2, 0.25) is 0 Å². The van der Waals surface area contributed by atoms with E-state index in [0.717, 1.165) is 50.0 Å². The van der Waals surface area contributed by atoms with E-state index >= 15 is 0 Å². The van der Waals surface area contributed by atoms with E-state index in [2.05, 4.69) is 19.9 Å². The Morgan fingerprint density at radius 3 is 2.76 bits per heavy atom. The van der Waals surface area contributed by atoms with E-state index in [-0.39, 0.29) is 16.9 Å². The molecule has 0 radical (unpaired) electrons. The van der Waals surface area contributed by atoms with Crippen molar-refractivity contribution in [1.82, 2.24) is 15.0 Å². The number of fused-ring (bicyclic) bond motifs is 2. The van der Waals surface area contributed by atoms with Gasteiger partial charge >= 0.3 is 0 Å². The Morgan fingerprint density at radius 1 is 1.28 bits per heavy atom. The Labute approximate surface area is 144 Å². The van der Waals surface area contributed by atoms with Crippen molar-refractivity contribution >= 4 is 17.7 Å². The zero-order chi connectivity index (χ0) is 17.6. The molecule has 1 saturated heterocycles. The molecule has 2 aromatic rings. The second-order valence-electron chi connectivity index (χ2n) is 6.78. The number of hydrogen-bond donors (Lipinski definition) is 3. The molecule has 2 aliphatic rings. The van der Waals surface area contributed by atoms with E-state index in [1.807, 2.05) is 0 Å². The molecule has 1 aliphatic carbocycles. The summed E-state index contributed by atoms with van der Waals surface area (Å²) in [5.74, 6) is 0.324. The van der Waals surface area contributed by atoms with Gasteiger partial charge < -0.3 is 16.4 Å². The zero-order valence-corrected chi connectivity index (χ0v) is 13.8. The maximum atomic E-state index is 12.1. The number of primary amides is 1. The highest BCUT2D eigenvalue weighted by Crippen LogP contribution is 2.45. The van der Waals surface area contributed by atoms with Gasteiger partial charge in [0.25, 0.3) is 11.5 Å². The molecule has 1 amide bonds. The summed E-state index contributed by atoms with van der Waals surface area (Å²) < 4.78 is 0. The molecule has 0 aromatic carbocycles. The lowest BCUT2D eigenvalue weighted by molar-refractivity contribution is 0.100. The average molecular weight is 340 g/mol. The van der Waals surface area contributed by atoms with Crippen LogP contribution < -0.4 is 21.9 Å². The second-order valence-corrected chi connectivity index (χ2v) is 6.78. The molecule has 0 bridgehead atoms.